The molecule has 0 bridgehead atoms. The number of aromatic nitrogens is 3. The summed E-state index contributed by atoms with van der Waals surface area (Å²) in [5, 5.41) is 13.6. The summed E-state index contributed by atoms with van der Waals surface area (Å²) in [4.78, 5) is 26.4. The van der Waals surface area contributed by atoms with Gasteiger partial charge in [-0.05, 0) is 54.3 Å². The number of carbonyl (C=O) groups excluding carboxylic acids is 1. The number of nitrogens with one attached hydrogen (secondary N) is 1. The molecule has 7 nitrogen and oxygen atoms in total. The lowest BCUT2D eigenvalue weighted by Crippen LogP contribution is -2.16. The largest absolute Gasteiger partial charge is 0.383 e. The van der Waals surface area contributed by atoms with E-state index in [9.17, 15) is 4.79 Å². The Hall–Kier alpha value is -4.31. The van der Waals surface area contributed by atoms with E-state index in [0.29, 0.717) is 17.3 Å². The minimum absolute atomic E-state index is 0.0165. The quantitative estimate of drug-likeness (QED) is 0.468. The third-order valence-electron chi connectivity index (χ3n) is 7.17. The number of benzene rings is 1. The third kappa shape index (κ3) is 3.19. The van der Waals surface area contributed by atoms with Crippen LogP contribution in [0.15, 0.2) is 60.9 Å². The number of hydrogen-bond donors (Lipinski definition) is 2. The Kier molecular flexibility index (Phi) is 4.39. The number of nitriles is 1. The maximum atomic E-state index is 12.7. The van der Waals surface area contributed by atoms with Crippen molar-refractivity contribution in [1.82, 2.24) is 15.0 Å². The average Bonchev–Trinajstić information content (AvgIpc) is 3.75. The van der Waals surface area contributed by atoms with Gasteiger partial charge in [-0.25, -0.2) is 9.97 Å². The lowest BCUT2D eigenvalue weighted by Gasteiger charge is -2.14. The summed E-state index contributed by atoms with van der Waals surface area (Å²) < 4.78 is 0. The highest BCUT2D eigenvalue weighted by atomic mass is 16.2. The standard InChI is InChI=1S/C27H22N6O/c1-15-7-8-30-24(16-5-3-2-4-6-16)23(15)21-9-17-10-22(31-14-19(17)25(29)32-21)33-26(34)20-12-27(20)11-18(27)13-28/h2-10,14,18,20H,11-12H2,1H3,(H2,29,32)(H,31,33,34)/t18-,20-,27?/m1/s1. The Balaban J connectivity index is 1.37. The average molecular weight is 447 g/mol. The van der Waals surface area contributed by atoms with Crippen molar-refractivity contribution in [2.45, 2.75) is 19.8 Å². The van der Waals surface area contributed by atoms with Crippen LogP contribution >= 0.6 is 0 Å². The molecule has 2 aliphatic rings. The van der Waals surface area contributed by atoms with E-state index >= 15 is 0 Å². The number of hydrogen-bond acceptors (Lipinski definition) is 6. The van der Waals surface area contributed by atoms with Gasteiger partial charge in [0.2, 0.25) is 5.91 Å². The number of rotatable bonds is 4. The number of pyridine rings is 3. The van der Waals surface area contributed by atoms with Gasteiger partial charge in [-0.1, -0.05) is 30.3 Å². The van der Waals surface area contributed by atoms with Crippen LogP contribution < -0.4 is 11.1 Å². The summed E-state index contributed by atoms with van der Waals surface area (Å²) in [5.74, 6) is 0.691. The zero-order valence-electron chi connectivity index (χ0n) is 18.6. The number of nitrogen functional groups attached to an aromatic ring is 1. The third-order valence-corrected chi connectivity index (χ3v) is 7.17. The molecule has 2 saturated carbocycles. The van der Waals surface area contributed by atoms with E-state index in [-0.39, 0.29) is 23.2 Å². The molecular weight excluding hydrogens is 424 g/mol. The molecule has 1 spiro atoms. The van der Waals surface area contributed by atoms with Crippen LogP contribution in [0.2, 0.25) is 0 Å². The first-order valence-corrected chi connectivity index (χ1v) is 11.3. The number of amides is 1. The first-order chi connectivity index (χ1) is 16.5. The summed E-state index contributed by atoms with van der Waals surface area (Å²) in [6, 6.07) is 18.0. The number of anilines is 2. The van der Waals surface area contributed by atoms with Crippen molar-refractivity contribution in [3.63, 3.8) is 0 Å². The fourth-order valence-electron chi connectivity index (χ4n) is 5.06. The number of aryl methyl sites for hydroxylation is 1. The van der Waals surface area contributed by atoms with Crippen molar-refractivity contribution in [1.29, 1.82) is 5.26 Å². The molecule has 2 fully saturated rings. The van der Waals surface area contributed by atoms with Gasteiger partial charge in [-0.15, -0.1) is 0 Å². The van der Waals surface area contributed by atoms with Gasteiger partial charge >= 0.3 is 0 Å². The highest BCUT2D eigenvalue weighted by Crippen LogP contribution is 2.74. The summed E-state index contributed by atoms with van der Waals surface area (Å²) in [6.07, 6.45) is 5.05. The molecule has 0 aliphatic heterocycles. The smallest absolute Gasteiger partial charge is 0.229 e. The molecule has 1 amide bonds. The van der Waals surface area contributed by atoms with Crippen LogP contribution in [0.4, 0.5) is 11.6 Å². The van der Waals surface area contributed by atoms with E-state index in [0.717, 1.165) is 46.0 Å². The highest BCUT2D eigenvalue weighted by Gasteiger charge is 2.73. The first-order valence-electron chi connectivity index (χ1n) is 11.3. The van der Waals surface area contributed by atoms with E-state index in [2.05, 4.69) is 26.3 Å². The van der Waals surface area contributed by atoms with Gasteiger partial charge in [0.25, 0.3) is 0 Å². The monoisotopic (exact) mass is 446 g/mol. The molecule has 1 aromatic carbocycles. The van der Waals surface area contributed by atoms with Crippen molar-refractivity contribution in [2.75, 3.05) is 11.1 Å². The molecule has 3 aromatic heterocycles. The Labute approximate surface area is 196 Å². The van der Waals surface area contributed by atoms with Gasteiger partial charge < -0.3 is 11.1 Å². The Morgan fingerprint density at radius 1 is 1.18 bits per heavy atom. The Morgan fingerprint density at radius 2 is 2.00 bits per heavy atom. The lowest BCUT2D eigenvalue weighted by atomic mass is 9.97. The topological polar surface area (TPSA) is 118 Å². The molecule has 3 N–H and O–H groups in total. The van der Waals surface area contributed by atoms with Gasteiger partial charge in [0.15, 0.2) is 0 Å². The Bertz CT molecular complexity index is 1510. The van der Waals surface area contributed by atoms with Crippen molar-refractivity contribution in [3.8, 4) is 28.6 Å². The first kappa shape index (κ1) is 20.3. The molecule has 34 heavy (non-hydrogen) atoms. The summed E-state index contributed by atoms with van der Waals surface area (Å²) in [6.45, 7) is 2.03. The highest BCUT2D eigenvalue weighted by molar-refractivity contribution is 5.99. The van der Waals surface area contributed by atoms with Gasteiger partial charge in [0.1, 0.15) is 11.6 Å². The Morgan fingerprint density at radius 3 is 2.76 bits per heavy atom. The van der Waals surface area contributed by atoms with E-state index in [1.54, 1.807) is 12.4 Å². The molecule has 3 heterocycles. The maximum Gasteiger partial charge on any atom is 0.229 e. The normalized spacial score (nSPS) is 22.4. The van der Waals surface area contributed by atoms with Crippen molar-refractivity contribution in [3.05, 3.63) is 66.5 Å². The minimum atomic E-state index is -0.0980. The van der Waals surface area contributed by atoms with Crippen molar-refractivity contribution in [2.24, 2.45) is 17.3 Å². The van der Waals surface area contributed by atoms with E-state index in [1.807, 2.05) is 55.5 Å². The van der Waals surface area contributed by atoms with Gasteiger partial charge in [-0.3, -0.25) is 9.78 Å². The van der Waals surface area contributed by atoms with Gasteiger partial charge in [-0.2, -0.15) is 5.26 Å². The molecule has 0 saturated heterocycles. The molecule has 0 radical (unpaired) electrons. The second kappa shape index (κ2) is 7.35. The van der Waals surface area contributed by atoms with Crippen LogP contribution in [0.5, 0.6) is 0 Å². The summed E-state index contributed by atoms with van der Waals surface area (Å²) in [5.41, 5.74) is 10.8. The number of fused-ring (bicyclic) bond motifs is 1. The zero-order valence-corrected chi connectivity index (χ0v) is 18.6. The van der Waals surface area contributed by atoms with E-state index in [4.69, 9.17) is 11.0 Å². The molecule has 7 heteroatoms. The van der Waals surface area contributed by atoms with Gasteiger partial charge in [0.05, 0.1) is 23.4 Å². The van der Waals surface area contributed by atoms with Crippen LogP contribution in [0.25, 0.3) is 33.3 Å². The van der Waals surface area contributed by atoms with Crippen molar-refractivity contribution < 1.29 is 4.79 Å². The van der Waals surface area contributed by atoms with Crippen LogP contribution in [0.3, 0.4) is 0 Å². The fourth-order valence-corrected chi connectivity index (χ4v) is 5.06. The molecular formula is C27H22N6O. The molecule has 166 valence electrons. The number of nitrogens with zero attached hydrogens (tertiary/aromatic N) is 4. The van der Waals surface area contributed by atoms with Crippen molar-refractivity contribution >= 4 is 28.3 Å². The predicted octanol–water partition coefficient (Wildman–Crippen LogP) is 4.74. The maximum absolute atomic E-state index is 12.7. The molecule has 2 aliphatic carbocycles. The molecule has 6 rings (SSSR count). The summed E-state index contributed by atoms with van der Waals surface area (Å²) in [7, 11) is 0. The fraction of sp³-hybridized carbons (Fsp3) is 0.222. The second-order valence-corrected chi connectivity index (χ2v) is 9.27. The minimum Gasteiger partial charge on any atom is -0.383 e. The van der Waals surface area contributed by atoms with Crippen LogP contribution in [0, 0.1) is 35.5 Å². The molecule has 1 unspecified atom stereocenters. The second-order valence-electron chi connectivity index (χ2n) is 9.27. The van der Waals surface area contributed by atoms with E-state index in [1.165, 1.54) is 0 Å². The van der Waals surface area contributed by atoms with Gasteiger partial charge in [0, 0.05) is 34.8 Å². The van der Waals surface area contributed by atoms with Crippen LogP contribution in [0.1, 0.15) is 18.4 Å². The number of nitrogens with two attached hydrogens (primary N) is 1. The van der Waals surface area contributed by atoms with Crippen LogP contribution in [-0.4, -0.2) is 20.9 Å². The van der Waals surface area contributed by atoms with Crippen LogP contribution in [-0.2, 0) is 4.79 Å². The van der Waals surface area contributed by atoms with E-state index < -0.39 is 0 Å². The molecule has 3 atom stereocenters. The lowest BCUT2D eigenvalue weighted by molar-refractivity contribution is -0.117. The summed E-state index contributed by atoms with van der Waals surface area (Å²) >= 11 is 0. The number of carbonyl (C=O) groups is 1. The SMILES string of the molecule is Cc1ccnc(-c2ccccc2)c1-c1cc2cc(NC(=O)[C@H]3CC34C[C@@H]4C#N)ncc2c(N)n1. The predicted molar refractivity (Wildman–Crippen MR) is 130 cm³/mol. The zero-order chi connectivity index (χ0) is 23.4. The molecule has 4 aromatic rings.